The van der Waals surface area contributed by atoms with Crippen molar-refractivity contribution in [3.63, 3.8) is 0 Å². The Balaban J connectivity index is 1.51. The van der Waals surface area contributed by atoms with Crippen molar-refractivity contribution in [3.8, 4) is 0 Å². The molecule has 0 aromatic carbocycles. The van der Waals surface area contributed by atoms with Gasteiger partial charge in [0.15, 0.2) is 5.76 Å². The average Bonchev–Trinajstić information content (AvgIpc) is 3.32. The van der Waals surface area contributed by atoms with Crippen LogP contribution in [0.5, 0.6) is 0 Å². The lowest BCUT2D eigenvalue weighted by molar-refractivity contribution is -0.240. The molecule has 5 fully saturated rings. The maximum Gasteiger partial charge on any atom is 0.153 e. The van der Waals surface area contributed by atoms with Gasteiger partial charge < -0.3 is 14.9 Å². The first-order valence-electron chi connectivity index (χ1n) is 9.97. The number of ether oxygens (including phenoxy) is 1. The maximum atomic E-state index is 12.1. The maximum absolute atomic E-state index is 12.1. The summed E-state index contributed by atoms with van der Waals surface area (Å²) in [5.74, 6) is 2.30. The molecule has 2 bridgehead atoms. The molecular formula is C21H27NO3. The third-order valence-corrected chi connectivity index (χ3v) is 8.23. The Morgan fingerprint density at radius 2 is 2.16 bits per heavy atom. The summed E-state index contributed by atoms with van der Waals surface area (Å²) in [6.07, 6.45) is 10.1. The van der Waals surface area contributed by atoms with Crippen LogP contribution in [-0.2, 0) is 4.74 Å². The van der Waals surface area contributed by atoms with Gasteiger partial charge in [-0.1, -0.05) is 12.7 Å². The Morgan fingerprint density at radius 3 is 2.96 bits per heavy atom. The van der Waals surface area contributed by atoms with Crippen molar-refractivity contribution < 1.29 is 14.9 Å². The molecule has 4 nitrogen and oxygen atoms in total. The van der Waals surface area contributed by atoms with Crippen LogP contribution in [0.2, 0.25) is 0 Å². The van der Waals surface area contributed by atoms with E-state index in [9.17, 15) is 10.2 Å². The molecule has 2 N–H and O–H groups in total. The molecule has 6 atom stereocenters. The first-order chi connectivity index (χ1) is 12.0. The molecule has 25 heavy (non-hydrogen) atoms. The van der Waals surface area contributed by atoms with Gasteiger partial charge in [0.2, 0.25) is 0 Å². The molecule has 0 aromatic rings. The molecular weight excluding hydrogens is 314 g/mol. The molecule has 0 radical (unpaired) electrons. The van der Waals surface area contributed by atoms with Gasteiger partial charge in [-0.2, -0.15) is 0 Å². The van der Waals surface area contributed by atoms with E-state index in [0.717, 1.165) is 56.0 Å². The lowest BCUT2D eigenvalue weighted by atomic mass is 9.44. The highest BCUT2D eigenvalue weighted by Crippen LogP contribution is 2.70. The first-order valence-corrected chi connectivity index (χ1v) is 9.97. The van der Waals surface area contributed by atoms with Crippen LogP contribution in [0.4, 0.5) is 0 Å². The molecule has 134 valence electrons. The second-order valence-electron chi connectivity index (χ2n) is 9.31. The monoisotopic (exact) mass is 341 g/mol. The number of hydrogen-bond donors (Lipinski definition) is 2. The number of likely N-dealkylation sites (tertiary alicyclic amines) is 1. The molecule has 2 unspecified atom stereocenters. The van der Waals surface area contributed by atoms with Crippen LogP contribution in [0.25, 0.3) is 0 Å². The summed E-state index contributed by atoms with van der Waals surface area (Å²) in [7, 11) is 0. The highest BCUT2D eigenvalue weighted by Gasteiger charge is 2.75. The van der Waals surface area contributed by atoms with Crippen molar-refractivity contribution in [1.82, 2.24) is 4.90 Å². The third kappa shape index (κ3) is 1.62. The molecule has 0 aromatic heterocycles. The summed E-state index contributed by atoms with van der Waals surface area (Å²) < 4.78 is 6.35. The molecule has 2 aliphatic heterocycles. The van der Waals surface area contributed by atoms with Gasteiger partial charge >= 0.3 is 0 Å². The van der Waals surface area contributed by atoms with Crippen LogP contribution in [-0.4, -0.2) is 45.9 Å². The number of rotatable bonds is 2. The zero-order valence-electron chi connectivity index (χ0n) is 14.7. The molecule has 4 heteroatoms. The standard InChI is InChI=1S/C21H27NO3/c1-12-6-7-21(24)16-10-14-4-5-15(23)18-17(14)20(21,19(12)25-18)8-9-22(16)11-13-2-3-13/h4-5,13-14,16-17,19,23-24H,1-3,6-11H2/t14?,16-,17?,19+,20+,21-/m1/s1. The molecule has 2 saturated heterocycles. The molecule has 3 saturated carbocycles. The smallest absolute Gasteiger partial charge is 0.153 e. The Kier molecular flexibility index (Phi) is 2.69. The quantitative estimate of drug-likeness (QED) is 0.759. The predicted molar refractivity (Wildman–Crippen MR) is 93.7 cm³/mol. The van der Waals surface area contributed by atoms with E-state index in [1.54, 1.807) is 0 Å². The number of nitrogens with zero attached hydrogens (tertiary/aromatic N) is 1. The van der Waals surface area contributed by atoms with Crippen molar-refractivity contribution in [2.75, 3.05) is 13.1 Å². The lowest BCUT2D eigenvalue weighted by Gasteiger charge is -2.66. The van der Waals surface area contributed by atoms with Crippen LogP contribution in [0.1, 0.15) is 38.5 Å². The van der Waals surface area contributed by atoms with E-state index < -0.39 is 5.60 Å². The topological polar surface area (TPSA) is 52.9 Å². The second-order valence-corrected chi connectivity index (χ2v) is 9.31. The fraction of sp³-hybridized carbons (Fsp3) is 0.714. The van der Waals surface area contributed by atoms with E-state index in [1.807, 2.05) is 6.08 Å². The minimum Gasteiger partial charge on any atom is -0.504 e. The van der Waals surface area contributed by atoms with Gasteiger partial charge in [-0.25, -0.2) is 0 Å². The molecule has 4 aliphatic carbocycles. The van der Waals surface area contributed by atoms with Crippen LogP contribution in [0, 0.1) is 23.2 Å². The zero-order valence-corrected chi connectivity index (χ0v) is 14.7. The van der Waals surface area contributed by atoms with Crippen molar-refractivity contribution in [1.29, 1.82) is 0 Å². The van der Waals surface area contributed by atoms with E-state index >= 15 is 0 Å². The van der Waals surface area contributed by atoms with E-state index in [2.05, 4.69) is 17.6 Å². The lowest BCUT2D eigenvalue weighted by Crippen LogP contribution is -2.75. The van der Waals surface area contributed by atoms with Gasteiger partial charge in [0, 0.05) is 18.5 Å². The Labute approximate surface area is 148 Å². The van der Waals surface area contributed by atoms with Gasteiger partial charge in [-0.3, -0.25) is 4.90 Å². The van der Waals surface area contributed by atoms with E-state index in [-0.39, 0.29) is 29.2 Å². The van der Waals surface area contributed by atoms with Crippen LogP contribution in [0.15, 0.2) is 35.8 Å². The molecule has 0 amide bonds. The van der Waals surface area contributed by atoms with Gasteiger partial charge in [-0.05, 0) is 68.6 Å². The molecule has 6 rings (SSSR count). The van der Waals surface area contributed by atoms with Gasteiger partial charge in [0.1, 0.15) is 11.9 Å². The Hall–Kier alpha value is -1.26. The number of aliphatic hydroxyl groups is 2. The highest BCUT2D eigenvalue weighted by atomic mass is 16.5. The minimum atomic E-state index is -0.722. The summed E-state index contributed by atoms with van der Waals surface area (Å²) in [5.41, 5.74) is 0.0825. The molecule has 2 heterocycles. The van der Waals surface area contributed by atoms with Crippen molar-refractivity contribution in [2.45, 2.75) is 56.3 Å². The fourth-order valence-corrected chi connectivity index (χ4v) is 7.00. The number of aliphatic hydroxyl groups excluding tert-OH is 1. The van der Waals surface area contributed by atoms with Crippen molar-refractivity contribution >= 4 is 0 Å². The summed E-state index contributed by atoms with van der Waals surface area (Å²) in [6, 6.07) is 0.214. The van der Waals surface area contributed by atoms with Crippen molar-refractivity contribution in [3.05, 3.63) is 35.8 Å². The van der Waals surface area contributed by atoms with E-state index in [4.69, 9.17) is 4.74 Å². The second kappa shape index (κ2) is 4.52. The Bertz CT molecular complexity index is 723. The van der Waals surface area contributed by atoms with Crippen LogP contribution < -0.4 is 0 Å². The summed E-state index contributed by atoms with van der Waals surface area (Å²) >= 11 is 0. The predicted octanol–water partition coefficient (Wildman–Crippen LogP) is 2.91. The van der Waals surface area contributed by atoms with Crippen LogP contribution >= 0.6 is 0 Å². The summed E-state index contributed by atoms with van der Waals surface area (Å²) in [6.45, 7) is 6.48. The van der Waals surface area contributed by atoms with Gasteiger partial charge in [0.05, 0.1) is 11.0 Å². The SMILES string of the molecule is C=C1CC[C@@]2(O)[C@H]3CC4C=CC(O)=C5O[C@@H]1[C@]2(CCN3CC1CC1)C54. The fourth-order valence-electron chi connectivity index (χ4n) is 7.00. The van der Waals surface area contributed by atoms with Crippen molar-refractivity contribution in [2.24, 2.45) is 23.2 Å². The van der Waals surface area contributed by atoms with Gasteiger partial charge in [-0.15, -0.1) is 0 Å². The van der Waals surface area contributed by atoms with Crippen LogP contribution in [0.3, 0.4) is 0 Å². The average molecular weight is 341 g/mol. The summed E-state index contributed by atoms with van der Waals surface area (Å²) in [5, 5.41) is 22.6. The third-order valence-electron chi connectivity index (χ3n) is 8.23. The largest absolute Gasteiger partial charge is 0.504 e. The van der Waals surface area contributed by atoms with E-state index in [1.165, 1.54) is 12.8 Å². The highest BCUT2D eigenvalue weighted by molar-refractivity contribution is 5.41. The summed E-state index contributed by atoms with van der Waals surface area (Å²) in [4.78, 5) is 2.59. The molecule has 1 spiro atoms. The minimum absolute atomic E-state index is 0.115. The normalized spacial score (nSPS) is 50.7. The molecule has 6 aliphatic rings. The number of hydrogen-bond acceptors (Lipinski definition) is 4. The van der Waals surface area contributed by atoms with Gasteiger partial charge in [0.25, 0.3) is 0 Å². The number of piperidine rings is 1. The van der Waals surface area contributed by atoms with E-state index in [0.29, 0.717) is 5.92 Å². The zero-order chi connectivity index (χ0) is 17.0. The number of allylic oxidation sites excluding steroid dienone is 3. The Morgan fingerprint density at radius 1 is 1.32 bits per heavy atom. The first kappa shape index (κ1) is 14.9.